The van der Waals surface area contributed by atoms with Gasteiger partial charge in [0.1, 0.15) is 0 Å². The summed E-state index contributed by atoms with van der Waals surface area (Å²) in [5, 5.41) is 4.07. The second-order valence-corrected chi connectivity index (χ2v) is 6.77. The summed E-state index contributed by atoms with van der Waals surface area (Å²) in [6.07, 6.45) is 4.70. The van der Waals surface area contributed by atoms with Crippen molar-refractivity contribution >= 4 is 16.8 Å². The van der Waals surface area contributed by atoms with Crippen LogP contribution in [0.1, 0.15) is 30.6 Å². The Labute approximate surface area is 148 Å². The van der Waals surface area contributed by atoms with Crippen LogP contribution in [0, 0.1) is 0 Å². The van der Waals surface area contributed by atoms with Crippen molar-refractivity contribution in [3.8, 4) is 0 Å². The third-order valence-electron chi connectivity index (χ3n) is 4.55. The largest absolute Gasteiger partial charge is 0.379 e. The standard InChI is InChI=1S/C20H26N2O3/c1-14(2)8-11-25-19-9-10-24-13-17(19)21-20(23)16-12-22(3)18-7-5-4-6-15(16)18/h4-8,12,17,19H,9-11,13H2,1-3H3,(H,21,23)/t17-,19+/m1/s1. The van der Waals surface area contributed by atoms with Crippen LogP contribution in [0.3, 0.4) is 0 Å². The molecular weight excluding hydrogens is 316 g/mol. The van der Waals surface area contributed by atoms with E-state index < -0.39 is 0 Å². The Balaban J connectivity index is 1.72. The Morgan fingerprint density at radius 2 is 2.20 bits per heavy atom. The number of allylic oxidation sites excluding steroid dienone is 1. The van der Waals surface area contributed by atoms with E-state index in [-0.39, 0.29) is 18.1 Å². The lowest BCUT2D eigenvalue weighted by molar-refractivity contribution is -0.0457. The second-order valence-electron chi connectivity index (χ2n) is 6.77. The number of amides is 1. The van der Waals surface area contributed by atoms with Gasteiger partial charge in [-0.25, -0.2) is 0 Å². The van der Waals surface area contributed by atoms with E-state index >= 15 is 0 Å². The first-order valence-electron chi connectivity index (χ1n) is 8.74. The molecule has 0 spiro atoms. The minimum absolute atomic E-state index is 0.0247. The molecule has 1 N–H and O–H groups in total. The molecule has 5 heteroatoms. The average molecular weight is 342 g/mol. The van der Waals surface area contributed by atoms with Gasteiger partial charge in [-0.3, -0.25) is 4.79 Å². The third-order valence-corrected chi connectivity index (χ3v) is 4.55. The molecule has 1 amide bonds. The predicted octanol–water partition coefficient (Wildman–Crippen LogP) is 3.05. The van der Waals surface area contributed by atoms with Crippen molar-refractivity contribution in [2.75, 3.05) is 19.8 Å². The summed E-state index contributed by atoms with van der Waals surface area (Å²) in [4.78, 5) is 12.8. The van der Waals surface area contributed by atoms with Gasteiger partial charge in [-0.2, -0.15) is 0 Å². The summed E-state index contributed by atoms with van der Waals surface area (Å²) in [5.41, 5.74) is 2.96. The molecule has 5 nitrogen and oxygen atoms in total. The number of para-hydroxylation sites is 1. The molecule has 1 fully saturated rings. The van der Waals surface area contributed by atoms with Crippen LogP contribution in [-0.2, 0) is 16.5 Å². The van der Waals surface area contributed by atoms with E-state index in [1.165, 1.54) is 5.57 Å². The van der Waals surface area contributed by atoms with Crippen molar-refractivity contribution in [3.05, 3.63) is 47.7 Å². The summed E-state index contributed by atoms with van der Waals surface area (Å²) in [7, 11) is 1.95. The van der Waals surface area contributed by atoms with E-state index in [1.807, 2.05) is 55.9 Å². The maximum Gasteiger partial charge on any atom is 0.253 e. The third kappa shape index (κ3) is 4.11. The molecule has 3 rings (SSSR count). The zero-order chi connectivity index (χ0) is 17.8. The fourth-order valence-corrected chi connectivity index (χ4v) is 3.16. The normalized spacial score (nSPS) is 20.4. The van der Waals surface area contributed by atoms with Gasteiger partial charge in [0.05, 0.1) is 30.9 Å². The van der Waals surface area contributed by atoms with E-state index in [9.17, 15) is 4.79 Å². The van der Waals surface area contributed by atoms with Gasteiger partial charge in [-0.1, -0.05) is 29.8 Å². The summed E-state index contributed by atoms with van der Waals surface area (Å²) in [5.74, 6) is -0.0804. The maximum atomic E-state index is 12.8. The molecule has 0 unspecified atom stereocenters. The van der Waals surface area contributed by atoms with Gasteiger partial charge in [0, 0.05) is 30.8 Å². The number of fused-ring (bicyclic) bond motifs is 1. The molecule has 1 aromatic heterocycles. The van der Waals surface area contributed by atoms with Crippen LogP contribution in [0.4, 0.5) is 0 Å². The Hall–Kier alpha value is -2.11. The Morgan fingerprint density at radius 1 is 1.40 bits per heavy atom. The van der Waals surface area contributed by atoms with Crippen molar-refractivity contribution < 1.29 is 14.3 Å². The molecule has 0 saturated carbocycles. The second kappa shape index (κ2) is 7.85. The van der Waals surface area contributed by atoms with Gasteiger partial charge in [-0.15, -0.1) is 0 Å². The van der Waals surface area contributed by atoms with Gasteiger partial charge in [0.2, 0.25) is 0 Å². The van der Waals surface area contributed by atoms with Gasteiger partial charge in [-0.05, 0) is 26.3 Å². The molecule has 25 heavy (non-hydrogen) atoms. The lowest BCUT2D eigenvalue weighted by Gasteiger charge is -2.31. The molecule has 0 aliphatic carbocycles. The first kappa shape index (κ1) is 17.7. The van der Waals surface area contributed by atoms with E-state index in [1.54, 1.807) is 0 Å². The fraction of sp³-hybridized carbons (Fsp3) is 0.450. The number of hydrogen-bond acceptors (Lipinski definition) is 3. The molecule has 0 radical (unpaired) electrons. The molecule has 1 aliphatic heterocycles. The highest BCUT2D eigenvalue weighted by atomic mass is 16.5. The van der Waals surface area contributed by atoms with Crippen LogP contribution < -0.4 is 5.32 Å². The van der Waals surface area contributed by atoms with Crippen molar-refractivity contribution in [3.63, 3.8) is 0 Å². The van der Waals surface area contributed by atoms with Crippen LogP contribution in [0.2, 0.25) is 0 Å². The first-order valence-corrected chi connectivity index (χ1v) is 8.74. The number of hydrogen-bond donors (Lipinski definition) is 1. The molecule has 1 aromatic carbocycles. The Bertz CT molecular complexity index is 774. The Kier molecular flexibility index (Phi) is 5.56. The Morgan fingerprint density at radius 3 is 3.00 bits per heavy atom. The van der Waals surface area contributed by atoms with Gasteiger partial charge >= 0.3 is 0 Å². The highest BCUT2D eigenvalue weighted by Crippen LogP contribution is 2.21. The number of aromatic nitrogens is 1. The van der Waals surface area contributed by atoms with E-state index in [0.717, 1.165) is 17.3 Å². The molecule has 2 heterocycles. The van der Waals surface area contributed by atoms with Crippen molar-refractivity contribution in [2.24, 2.45) is 7.05 Å². The lowest BCUT2D eigenvalue weighted by atomic mass is 10.1. The van der Waals surface area contributed by atoms with E-state index in [0.29, 0.717) is 25.4 Å². The number of benzene rings is 1. The summed E-state index contributed by atoms with van der Waals surface area (Å²) < 4.78 is 13.5. The summed E-state index contributed by atoms with van der Waals surface area (Å²) in [6.45, 7) is 5.81. The van der Waals surface area contributed by atoms with Crippen LogP contribution in [-0.4, -0.2) is 42.4 Å². The summed E-state index contributed by atoms with van der Waals surface area (Å²) in [6, 6.07) is 7.79. The van der Waals surface area contributed by atoms with Gasteiger partial charge in [0.25, 0.3) is 5.91 Å². The van der Waals surface area contributed by atoms with Crippen molar-refractivity contribution in [2.45, 2.75) is 32.4 Å². The SMILES string of the molecule is CC(C)=CCO[C@H]1CCOC[C@H]1NC(=O)c1cn(C)c2ccccc12. The average Bonchev–Trinajstić information content (AvgIpc) is 2.94. The number of carbonyl (C=O) groups is 1. The monoisotopic (exact) mass is 342 g/mol. The van der Waals surface area contributed by atoms with E-state index in [2.05, 4.69) is 11.4 Å². The van der Waals surface area contributed by atoms with E-state index in [4.69, 9.17) is 9.47 Å². The van der Waals surface area contributed by atoms with Crippen LogP contribution >= 0.6 is 0 Å². The van der Waals surface area contributed by atoms with Crippen LogP contribution in [0.5, 0.6) is 0 Å². The minimum Gasteiger partial charge on any atom is -0.379 e. The number of nitrogens with one attached hydrogen (secondary N) is 1. The fourth-order valence-electron chi connectivity index (χ4n) is 3.16. The maximum absolute atomic E-state index is 12.8. The molecular formula is C20H26N2O3. The number of carbonyl (C=O) groups excluding carboxylic acids is 1. The lowest BCUT2D eigenvalue weighted by Crippen LogP contribution is -2.50. The van der Waals surface area contributed by atoms with Gasteiger partial charge in [0.15, 0.2) is 0 Å². The number of ether oxygens (including phenoxy) is 2. The minimum atomic E-state index is -0.134. The highest BCUT2D eigenvalue weighted by Gasteiger charge is 2.28. The molecule has 1 saturated heterocycles. The quantitative estimate of drug-likeness (QED) is 0.850. The molecule has 134 valence electrons. The topological polar surface area (TPSA) is 52.5 Å². The van der Waals surface area contributed by atoms with Crippen LogP contribution in [0.25, 0.3) is 10.9 Å². The molecule has 1 aliphatic rings. The van der Waals surface area contributed by atoms with Gasteiger partial charge < -0.3 is 19.4 Å². The van der Waals surface area contributed by atoms with Crippen molar-refractivity contribution in [1.29, 1.82) is 0 Å². The smallest absolute Gasteiger partial charge is 0.253 e. The number of aryl methyl sites for hydroxylation is 1. The zero-order valence-corrected chi connectivity index (χ0v) is 15.1. The first-order chi connectivity index (χ1) is 12.1. The molecule has 0 bridgehead atoms. The number of rotatable bonds is 5. The van der Waals surface area contributed by atoms with Crippen molar-refractivity contribution in [1.82, 2.24) is 9.88 Å². The highest BCUT2D eigenvalue weighted by molar-refractivity contribution is 6.07. The number of nitrogens with zero attached hydrogens (tertiary/aromatic N) is 1. The van der Waals surface area contributed by atoms with Crippen LogP contribution in [0.15, 0.2) is 42.1 Å². The molecule has 2 atom stereocenters. The summed E-state index contributed by atoms with van der Waals surface area (Å²) >= 11 is 0. The molecule has 2 aromatic rings. The zero-order valence-electron chi connectivity index (χ0n) is 15.1. The predicted molar refractivity (Wildman–Crippen MR) is 98.8 cm³/mol.